The second kappa shape index (κ2) is 7.68. The normalized spacial score (nSPS) is 27.1. The molecule has 2 aromatic heterocycles. The van der Waals surface area contributed by atoms with Gasteiger partial charge < -0.3 is 13.9 Å². The number of furan rings is 1. The molecule has 0 unspecified atom stereocenters. The first-order valence-corrected chi connectivity index (χ1v) is 9.16. The van der Waals surface area contributed by atoms with Crippen molar-refractivity contribution >= 4 is 0 Å². The van der Waals surface area contributed by atoms with Crippen LogP contribution in [0, 0.1) is 5.41 Å². The summed E-state index contributed by atoms with van der Waals surface area (Å²) >= 11 is 0. The SMILES string of the molecule is c1cncc(COC[C@]23CCCO[C@@H]2CCN(Cc2ccoc2)C3)c1. The molecule has 2 saturated heterocycles. The maximum absolute atomic E-state index is 6.14. The molecule has 0 aliphatic carbocycles. The maximum atomic E-state index is 6.14. The van der Waals surface area contributed by atoms with Crippen LogP contribution in [0.25, 0.3) is 0 Å². The number of ether oxygens (including phenoxy) is 2. The van der Waals surface area contributed by atoms with Crippen LogP contribution in [0.15, 0.2) is 47.5 Å². The molecule has 5 heteroatoms. The Morgan fingerprint density at radius 3 is 3.16 bits per heavy atom. The Kier molecular flexibility index (Phi) is 5.15. The summed E-state index contributed by atoms with van der Waals surface area (Å²) in [5.74, 6) is 0. The Bertz CT molecular complexity index is 646. The predicted octanol–water partition coefficient (Wildman–Crippen LogP) is 3.26. The van der Waals surface area contributed by atoms with Crippen LogP contribution in [0.2, 0.25) is 0 Å². The summed E-state index contributed by atoms with van der Waals surface area (Å²) in [6.07, 6.45) is 10.9. The van der Waals surface area contributed by atoms with E-state index in [4.69, 9.17) is 13.9 Å². The van der Waals surface area contributed by atoms with Crippen molar-refractivity contribution in [3.63, 3.8) is 0 Å². The molecule has 0 saturated carbocycles. The quantitative estimate of drug-likeness (QED) is 0.806. The van der Waals surface area contributed by atoms with Gasteiger partial charge in [-0.1, -0.05) is 6.07 Å². The topological polar surface area (TPSA) is 47.7 Å². The van der Waals surface area contributed by atoms with Gasteiger partial charge in [-0.3, -0.25) is 9.88 Å². The van der Waals surface area contributed by atoms with Gasteiger partial charge in [0.15, 0.2) is 0 Å². The van der Waals surface area contributed by atoms with E-state index in [1.165, 1.54) is 12.0 Å². The lowest BCUT2D eigenvalue weighted by atomic mass is 9.73. The first-order valence-electron chi connectivity index (χ1n) is 9.16. The molecular formula is C20H26N2O3. The monoisotopic (exact) mass is 342 g/mol. The first kappa shape index (κ1) is 16.8. The molecule has 5 nitrogen and oxygen atoms in total. The molecule has 2 aromatic rings. The van der Waals surface area contributed by atoms with Crippen LogP contribution in [0.1, 0.15) is 30.4 Å². The summed E-state index contributed by atoms with van der Waals surface area (Å²) in [6.45, 7) is 5.28. The zero-order valence-electron chi connectivity index (χ0n) is 14.6. The lowest BCUT2D eigenvalue weighted by Crippen LogP contribution is -2.56. The van der Waals surface area contributed by atoms with Crippen LogP contribution in [-0.4, -0.2) is 42.3 Å². The van der Waals surface area contributed by atoms with Gasteiger partial charge in [0, 0.05) is 49.6 Å². The molecule has 0 N–H and O–H groups in total. The number of piperidine rings is 1. The highest BCUT2D eigenvalue weighted by Gasteiger charge is 2.46. The van der Waals surface area contributed by atoms with Crippen molar-refractivity contribution in [2.24, 2.45) is 5.41 Å². The highest BCUT2D eigenvalue weighted by Crippen LogP contribution is 2.41. The van der Waals surface area contributed by atoms with Gasteiger partial charge in [-0.05, 0) is 37.0 Å². The van der Waals surface area contributed by atoms with Gasteiger partial charge in [0.1, 0.15) is 0 Å². The third-order valence-electron chi connectivity index (χ3n) is 5.43. The molecule has 0 aromatic carbocycles. The van der Waals surface area contributed by atoms with E-state index in [0.717, 1.165) is 51.3 Å². The Morgan fingerprint density at radius 2 is 2.32 bits per heavy atom. The van der Waals surface area contributed by atoms with Gasteiger partial charge >= 0.3 is 0 Å². The van der Waals surface area contributed by atoms with E-state index in [2.05, 4.69) is 22.0 Å². The highest BCUT2D eigenvalue weighted by molar-refractivity contribution is 5.08. The maximum Gasteiger partial charge on any atom is 0.0947 e. The van der Waals surface area contributed by atoms with Crippen LogP contribution in [0.3, 0.4) is 0 Å². The van der Waals surface area contributed by atoms with Gasteiger partial charge in [-0.15, -0.1) is 0 Å². The minimum Gasteiger partial charge on any atom is -0.472 e. The third-order valence-corrected chi connectivity index (χ3v) is 5.43. The smallest absolute Gasteiger partial charge is 0.0947 e. The van der Waals surface area contributed by atoms with Crippen molar-refractivity contribution in [3.05, 3.63) is 54.2 Å². The van der Waals surface area contributed by atoms with E-state index in [1.807, 2.05) is 18.5 Å². The van der Waals surface area contributed by atoms with Crippen LogP contribution < -0.4 is 0 Å². The molecule has 2 aliphatic heterocycles. The molecule has 4 rings (SSSR count). The van der Waals surface area contributed by atoms with Crippen LogP contribution in [0.4, 0.5) is 0 Å². The van der Waals surface area contributed by atoms with E-state index < -0.39 is 0 Å². The molecule has 134 valence electrons. The molecule has 2 fully saturated rings. The fourth-order valence-corrected chi connectivity index (χ4v) is 4.22. The first-order chi connectivity index (χ1) is 12.3. The number of hydrogen-bond acceptors (Lipinski definition) is 5. The molecule has 4 heterocycles. The van der Waals surface area contributed by atoms with E-state index in [-0.39, 0.29) is 5.41 Å². The van der Waals surface area contributed by atoms with E-state index >= 15 is 0 Å². The van der Waals surface area contributed by atoms with Gasteiger partial charge in [0.2, 0.25) is 0 Å². The van der Waals surface area contributed by atoms with Crippen LogP contribution in [0.5, 0.6) is 0 Å². The highest BCUT2D eigenvalue weighted by atomic mass is 16.5. The number of nitrogens with zero attached hydrogens (tertiary/aromatic N) is 2. The third kappa shape index (κ3) is 3.94. The van der Waals surface area contributed by atoms with E-state index in [1.54, 1.807) is 12.5 Å². The second-order valence-corrected chi connectivity index (χ2v) is 7.31. The number of likely N-dealkylation sites (tertiary alicyclic amines) is 1. The summed E-state index contributed by atoms with van der Waals surface area (Å²) in [5, 5.41) is 0. The molecule has 0 spiro atoms. The van der Waals surface area contributed by atoms with Crippen molar-refractivity contribution in [2.45, 2.75) is 38.5 Å². The summed E-state index contributed by atoms with van der Waals surface area (Å²) in [4.78, 5) is 6.68. The average molecular weight is 342 g/mol. The summed E-state index contributed by atoms with van der Waals surface area (Å²) in [7, 11) is 0. The molecule has 0 bridgehead atoms. The molecule has 2 atom stereocenters. The van der Waals surface area contributed by atoms with Crippen LogP contribution >= 0.6 is 0 Å². The second-order valence-electron chi connectivity index (χ2n) is 7.31. The Balaban J connectivity index is 1.40. The Morgan fingerprint density at radius 1 is 1.32 bits per heavy atom. The lowest BCUT2D eigenvalue weighted by Gasteiger charge is -2.50. The standard InChI is InChI=1S/C20H26N2O3/c1-3-17(11-21-7-1)13-24-16-20-6-2-9-25-19(20)4-8-22(15-20)12-18-5-10-23-14-18/h1,3,5,7,10-11,14,19H,2,4,6,8-9,12-13,15-16H2/t19-,20-/m1/s1. The van der Waals surface area contributed by atoms with Gasteiger partial charge in [0.25, 0.3) is 0 Å². The lowest BCUT2D eigenvalue weighted by molar-refractivity contribution is -0.155. The van der Waals surface area contributed by atoms with Gasteiger partial charge in [-0.2, -0.15) is 0 Å². The van der Waals surface area contributed by atoms with Crippen molar-refractivity contribution in [1.29, 1.82) is 0 Å². The number of rotatable bonds is 6. The Hall–Kier alpha value is -1.69. The molecular weight excluding hydrogens is 316 g/mol. The summed E-state index contributed by atoms with van der Waals surface area (Å²) in [5.41, 5.74) is 2.46. The molecule has 0 radical (unpaired) electrons. The summed E-state index contributed by atoms with van der Waals surface area (Å²) < 4.78 is 17.5. The number of fused-ring (bicyclic) bond motifs is 1. The number of aromatic nitrogens is 1. The van der Waals surface area contributed by atoms with Crippen molar-refractivity contribution in [2.75, 3.05) is 26.3 Å². The van der Waals surface area contributed by atoms with Crippen LogP contribution in [-0.2, 0) is 22.6 Å². The van der Waals surface area contributed by atoms with Gasteiger partial charge in [0.05, 0.1) is 31.8 Å². The van der Waals surface area contributed by atoms with E-state index in [9.17, 15) is 0 Å². The zero-order chi connectivity index (χ0) is 17.0. The Labute approximate surface area is 148 Å². The van der Waals surface area contributed by atoms with Gasteiger partial charge in [-0.25, -0.2) is 0 Å². The zero-order valence-corrected chi connectivity index (χ0v) is 14.6. The number of pyridine rings is 1. The van der Waals surface area contributed by atoms with E-state index in [0.29, 0.717) is 12.7 Å². The van der Waals surface area contributed by atoms with Crippen molar-refractivity contribution in [1.82, 2.24) is 9.88 Å². The largest absolute Gasteiger partial charge is 0.472 e. The summed E-state index contributed by atoms with van der Waals surface area (Å²) in [6, 6.07) is 6.07. The molecule has 25 heavy (non-hydrogen) atoms. The minimum absolute atomic E-state index is 0.0996. The average Bonchev–Trinajstić information content (AvgIpc) is 3.15. The number of hydrogen-bond donors (Lipinski definition) is 0. The molecule has 2 aliphatic rings. The van der Waals surface area contributed by atoms with Crippen molar-refractivity contribution < 1.29 is 13.9 Å². The fourth-order valence-electron chi connectivity index (χ4n) is 4.22. The van der Waals surface area contributed by atoms with Crippen molar-refractivity contribution in [3.8, 4) is 0 Å². The fraction of sp³-hybridized carbons (Fsp3) is 0.550. The predicted molar refractivity (Wildman–Crippen MR) is 93.9 cm³/mol. The molecule has 0 amide bonds. The minimum atomic E-state index is 0.0996.